The second kappa shape index (κ2) is 5.16. The van der Waals surface area contributed by atoms with E-state index in [0.717, 1.165) is 29.7 Å². The summed E-state index contributed by atoms with van der Waals surface area (Å²) in [7, 11) is 0. The number of nitrogen functional groups attached to an aromatic ring is 1. The summed E-state index contributed by atoms with van der Waals surface area (Å²) in [6.07, 6.45) is 3.57. The molecule has 1 unspecified atom stereocenters. The normalized spacial score (nSPS) is 24.4. The van der Waals surface area contributed by atoms with Crippen molar-refractivity contribution in [1.29, 1.82) is 0 Å². The van der Waals surface area contributed by atoms with Crippen LogP contribution in [0.15, 0.2) is 10.8 Å². The van der Waals surface area contributed by atoms with Crippen LogP contribution in [0.2, 0.25) is 0 Å². The highest BCUT2D eigenvalue weighted by Crippen LogP contribution is 2.30. The van der Waals surface area contributed by atoms with Gasteiger partial charge in [-0.05, 0) is 35.7 Å². The first-order valence-corrected chi connectivity index (χ1v) is 6.27. The zero-order valence-electron chi connectivity index (χ0n) is 9.66. The molecule has 2 rings (SSSR count). The van der Waals surface area contributed by atoms with E-state index in [4.69, 9.17) is 10.6 Å². The van der Waals surface area contributed by atoms with Crippen LogP contribution < -0.4 is 16.6 Å². The van der Waals surface area contributed by atoms with E-state index in [-0.39, 0.29) is 5.54 Å². The number of halogens is 1. The summed E-state index contributed by atoms with van der Waals surface area (Å²) in [4.78, 5) is 8.21. The average molecular weight is 302 g/mol. The zero-order chi connectivity index (χ0) is 12.3. The Morgan fingerprint density at radius 1 is 1.47 bits per heavy atom. The fourth-order valence-corrected chi connectivity index (χ4v) is 2.29. The van der Waals surface area contributed by atoms with Crippen LogP contribution in [0.3, 0.4) is 0 Å². The molecule has 0 bridgehead atoms. The van der Waals surface area contributed by atoms with Crippen molar-refractivity contribution in [2.45, 2.75) is 25.3 Å². The summed E-state index contributed by atoms with van der Waals surface area (Å²) in [5.41, 5.74) is 2.42. The molecule has 1 aromatic heterocycles. The largest absolute Gasteiger partial charge is 0.379 e. The summed E-state index contributed by atoms with van der Waals surface area (Å²) in [5, 5.41) is 3.38. The monoisotopic (exact) mass is 301 g/mol. The van der Waals surface area contributed by atoms with E-state index in [1.807, 2.05) is 0 Å². The Morgan fingerprint density at radius 3 is 2.88 bits per heavy atom. The molecular formula is C10H16BrN5O. The van der Waals surface area contributed by atoms with E-state index in [0.29, 0.717) is 12.4 Å². The van der Waals surface area contributed by atoms with E-state index >= 15 is 0 Å². The number of nitrogens with two attached hydrogens (primary N) is 1. The first-order valence-electron chi connectivity index (χ1n) is 5.48. The minimum atomic E-state index is -0.0962. The van der Waals surface area contributed by atoms with Gasteiger partial charge in [0, 0.05) is 6.61 Å². The van der Waals surface area contributed by atoms with E-state index in [1.54, 1.807) is 0 Å². The second-order valence-electron chi connectivity index (χ2n) is 4.37. The third kappa shape index (κ3) is 2.85. The average Bonchev–Trinajstić information content (AvgIpc) is 2.32. The van der Waals surface area contributed by atoms with Gasteiger partial charge in [-0.2, -0.15) is 0 Å². The van der Waals surface area contributed by atoms with Crippen LogP contribution in [-0.4, -0.2) is 28.7 Å². The van der Waals surface area contributed by atoms with Crippen molar-refractivity contribution < 1.29 is 4.74 Å². The highest BCUT2D eigenvalue weighted by atomic mass is 79.9. The van der Waals surface area contributed by atoms with Gasteiger partial charge in [-0.3, -0.25) is 0 Å². The summed E-state index contributed by atoms with van der Waals surface area (Å²) < 4.78 is 6.22. The molecule has 0 radical (unpaired) electrons. The number of ether oxygens (including phenoxy) is 1. The lowest BCUT2D eigenvalue weighted by atomic mass is 9.95. The number of hydrazine groups is 1. The molecule has 1 atom stereocenters. The molecule has 1 aliphatic heterocycles. The molecule has 0 aliphatic carbocycles. The van der Waals surface area contributed by atoms with Crippen LogP contribution in [0.25, 0.3) is 0 Å². The number of rotatable bonds is 3. The molecule has 17 heavy (non-hydrogen) atoms. The molecule has 0 aromatic carbocycles. The van der Waals surface area contributed by atoms with Crippen molar-refractivity contribution in [3.05, 3.63) is 10.8 Å². The molecule has 7 heteroatoms. The number of aromatic nitrogens is 2. The van der Waals surface area contributed by atoms with Crippen LogP contribution >= 0.6 is 15.9 Å². The van der Waals surface area contributed by atoms with Gasteiger partial charge in [0.25, 0.3) is 0 Å². The quantitative estimate of drug-likeness (QED) is 0.579. The Morgan fingerprint density at radius 2 is 2.24 bits per heavy atom. The summed E-state index contributed by atoms with van der Waals surface area (Å²) in [5.74, 6) is 6.64. The maximum Gasteiger partial charge on any atom is 0.159 e. The smallest absolute Gasteiger partial charge is 0.159 e. The van der Waals surface area contributed by atoms with Gasteiger partial charge in [0.05, 0.1) is 12.1 Å². The highest BCUT2D eigenvalue weighted by molar-refractivity contribution is 9.10. The van der Waals surface area contributed by atoms with Gasteiger partial charge in [0.1, 0.15) is 16.6 Å². The van der Waals surface area contributed by atoms with Crippen molar-refractivity contribution in [3.63, 3.8) is 0 Å². The van der Waals surface area contributed by atoms with Gasteiger partial charge in [0.2, 0.25) is 0 Å². The molecule has 0 amide bonds. The zero-order valence-corrected chi connectivity index (χ0v) is 11.2. The van der Waals surface area contributed by atoms with Gasteiger partial charge >= 0.3 is 0 Å². The number of hydrogen-bond donors (Lipinski definition) is 3. The molecule has 0 spiro atoms. The van der Waals surface area contributed by atoms with Gasteiger partial charge in [-0.15, -0.1) is 0 Å². The van der Waals surface area contributed by atoms with Gasteiger partial charge < -0.3 is 15.5 Å². The van der Waals surface area contributed by atoms with Gasteiger partial charge in [0.15, 0.2) is 5.82 Å². The predicted octanol–water partition coefficient (Wildman–Crippen LogP) is 1.51. The van der Waals surface area contributed by atoms with Crippen LogP contribution in [0.1, 0.15) is 19.8 Å². The maximum atomic E-state index is 5.49. The molecule has 94 valence electrons. The first kappa shape index (κ1) is 12.5. The Bertz CT molecular complexity index is 394. The van der Waals surface area contributed by atoms with E-state index in [9.17, 15) is 0 Å². The van der Waals surface area contributed by atoms with Gasteiger partial charge in [-0.25, -0.2) is 15.8 Å². The first-order chi connectivity index (χ1) is 8.14. The summed E-state index contributed by atoms with van der Waals surface area (Å²) in [6, 6.07) is 0. The lowest BCUT2D eigenvalue weighted by molar-refractivity contribution is 0.0538. The molecule has 1 saturated heterocycles. The Labute approximate surface area is 108 Å². The Kier molecular flexibility index (Phi) is 3.80. The Balaban J connectivity index is 2.17. The molecule has 1 aliphatic rings. The van der Waals surface area contributed by atoms with Crippen LogP contribution in [0.4, 0.5) is 11.6 Å². The lowest BCUT2D eigenvalue weighted by Gasteiger charge is -2.35. The SMILES string of the molecule is CC1(Nc2ncnc(NN)c2Br)CCCOC1. The summed E-state index contributed by atoms with van der Waals surface area (Å²) in [6.45, 7) is 3.63. The van der Waals surface area contributed by atoms with E-state index in [1.165, 1.54) is 6.33 Å². The lowest BCUT2D eigenvalue weighted by Crippen LogP contribution is -2.43. The number of nitrogens with one attached hydrogen (secondary N) is 2. The molecular weight excluding hydrogens is 286 g/mol. The Hall–Kier alpha value is -0.920. The highest BCUT2D eigenvalue weighted by Gasteiger charge is 2.28. The molecule has 1 aromatic rings. The van der Waals surface area contributed by atoms with Crippen molar-refractivity contribution in [2.24, 2.45) is 5.84 Å². The van der Waals surface area contributed by atoms with Crippen molar-refractivity contribution in [2.75, 3.05) is 24.0 Å². The minimum Gasteiger partial charge on any atom is -0.379 e. The minimum absolute atomic E-state index is 0.0962. The fourth-order valence-electron chi connectivity index (χ4n) is 1.88. The van der Waals surface area contributed by atoms with Crippen molar-refractivity contribution >= 4 is 27.6 Å². The number of hydrogen-bond acceptors (Lipinski definition) is 6. The van der Waals surface area contributed by atoms with Crippen LogP contribution in [-0.2, 0) is 4.74 Å². The third-order valence-electron chi connectivity index (χ3n) is 2.78. The van der Waals surface area contributed by atoms with Crippen molar-refractivity contribution in [1.82, 2.24) is 9.97 Å². The van der Waals surface area contributed by atoms with E-state index in [2.05, 4.69) is 43.6 Å². The number of anilines is 2. The molecule has 6 nitrogen and oxygen atoms in total. The topological polar surface area (TPSA) is 85.1 Å². The number of nitrogens with zero attached hydrogens (tertiary/aromatic N) is 2. The third-order valence-corrected chi connectivity index (χ3v) is 3.54. The van der Waals surface area contributed by atoms with Crippen LogP contribution in [0, 0.1) is 0 Å². The van der Waals surface area contributed by atoms with Crippen LogP contribution in [0.5, 0.6) is 0 Å². The second-order valence-corrected chi connectivity index (χ2v) is 5.16. The van der Waals surface area contributed by atoms with E-state index < -0.39 is 0 Å². The maximum absolute atomic E-state index is 5.49. The molecule has 2 heterocycles. The van der Waals surface area contributed by atoms with Gasteiger partial charge in [-0.1, -0.05) is 0 Å². The molecule has 0 saturated carbocycles. The predicted molar refractivity (Wildman–Crippen MR) is 69.6 cm³/mol. The summed E-state index contributed by atoms with van der Waals surface area (Å²) >= 11 is 3.42. The molecule has 1 fully saturated rings. The molecule has 4 N–H and O–H groups in total. The standard InChI is InChI=1S/C10H16BrN5O/c1-10(3-2-4-17-5-10)15-8-7(11)9(16-12)14-6-13-8/h6H,2-5,12H2,1H3,(H2,13,14,15,16). The fraction of sp³-hybridized carbons (Fsp3) is 0.600. The van der Waals surface area contributed by atoms with Crippen molar-refractivity contribution in [3.8, 4) is 0 Å².